The number of aliphatic hydroxyl groups excluding tert-OH is 1. The van der Waals surface area contributed by atoms with Crippen LogP contribution in [-0.4, -0.2) is 76.3 Å². The third-order valence-electron chi connectivity index (χ3n) is 3.95. The van der Waals surface area contributed by atoms with Gasteiger partial charge in [0, 0.05) is 12.2 Å². The van der Waals surface area contributed by atoms with Gasteiger partial charge >= 0.3 is 5.97 Å². The Kier molecular flexibility index (Phi) is 11.9. The summed E-state index contributed by atoms with van der Waals surface area (Å²) in [7, 11) is 0. The number of thiol groups is 1. The number of carboxylic acid groups (broad SMARTS) is 1. The number of aliphatic carboxylic acids is 1. The average Bonchev–Trinajstić information content (AvgIpc) is 2.65. The van der Waals surface area contributed by atoms with Gasteiger partial charge in [-0.15, -0.1) is 0 Å². The topological polar surface area (TPSA) is 214 Å². The summed E-state index contributed by atoms with van der Waals surface area (Å²) in [5.74, 6) is -4.96. The fraction of sp³-hybridized carbons (Fsp3) is 0.688. The molecule has 0 aromatic carbocycles. The van der Waals surface area contributed by atoms with Gasteiger partial charge in [0.1, 0.15) is 18.1 Å². The summed E-state index contributed by atoms with van der Waals surface area (Å²) < 4.78 is 0. The summed E-state index contributed by atoms with van der Waals surface area (Å²) >= 11 is 3.80. The van der Waals surface area contributed by atoms with Crippen molar-refractivity contribution in [3.8, 4) is 0 Å². The van der Waals surface area contributed by atoms with Crippen molar-refractivity contribution in [1.82, 2.24) is 16.0 Å². The second-order valence-electron chi connectivity index (χ2n) is 6.66. The lowest BCUT2D eigenvalue weighted by molar-refractivity contribution is -0.142. The first-order valence-electron chi connectivity index (χ1n) is 8.84. The van der Waals surface area contributed by atoms with E-state index in [0.717, 1.165) is 0 Å². The molecule has 0 heterocycles. The highest BCUT2D eigenvalue weighted by Crippen LogP contribution is 2.03. The number of carbonyl (C=O) groups is 5. The highest BCUT2D eigenvalue weighted by atomic mass is 32.1. The highest BCUT2D eigenvalue weighted by Gasteiger charge is 2.30. The van der Waals surface area contributed by atoms with Gasteiger partial charge in [0.2, 0.25) is 23.6 Å². The van der Waals surface area contributed by atoms with Crippen molar-refractivity contribution in [1.29, 1.82) is 0 Å². The molecular formula is C16H29N5O7S. The Morgan fingerprint density at radius 2 is 1.41 bits per heavy atom. The van der Waals surface area contributed by atoms with Crippen LogP contribution >= 0.6 is 12.6 Å². The summed E-state index contributed by atoms with van der Waals surface area (Å²) in [4.78, 5) is 58.8. The second-order valence-corrected chi connectivity index (χ2v) is 7.03. The molecule has 0 aromatic heterocycles. The number of amides is 4. The molecule has 4 unspecified atom stereocenters. The Hall–Kier alpha value is -2.38. The minimum absolute atomic E-state index is 0.161. The average molecular weight is 436 g/mol. The zero-order valence-electron chi connectivity index (χ0n) is 16.3. The molecule has 0 rings (SSSR count). The first-order chi connectivity index (χ1) is 13.4. The van der Waals surface area contributed by atoms with Crippen molar-refractivity contribution in [2.24, 2.45) is 17.4 Å². The number of rotatable bonds is 13. The van der Waals surface area contributed by atoms with Crippen molar-refractivity contribution >= 4 is 42.2 Å². The van der Waals surface area contributed by atoms with Crippen LogP contribution < -0.4 is 27.4 Å². The monoisotopic (exact) mass is 435 g/mol. The molecule has 0 spiro atoms. The Labute approximate surface area is 173 Å². The van der Waals surface area contributed by atoms with E-state index in [1.54, 1.807) is 13.8 Å². The first-order valence-corrected chi connectivity index (χ1v) is 9.47. The van der Waals surface area contributed by atoms with E-state index in [1.165, 1.54) is 0 Å². The minimum atomic E-state index is -1.49. The Morgan fingerprint density at radius 3 is 1.83 bits per heavy atom. The SMILES string of the molecule is CC(C)C(N)C(=O)NC(CCC(N)=O)C(=O)NC(CO)C(=O)NC(CS)C(=O)O. The van der Waals surface area contributed by atoms with Gasteiger partial charge < -0.3 is 37.6 Å². The van der Waals surface area contributed by atoms with Crippen LogP contribution in [0.15, 0.2) is 0 Å². The Bertz CT molecular complexity index is 616. The van der Waals surface area contributed by atoms with Crippen molar-refractivity contribution in [3.63, 3.8) is 0 Å². The van der Waals surface area contributed by atoms with E-state index in [4.69, 9.17) is 16.6 Å². The summed E-state index contributed by atoms with van der Waals surface area (Å²) in [5, 5.41) is 25.0. The number of primary amides is 1. The fourth-order valence-corrected chi connectivity index (χ4v) is 2.30. The predicted molar refractivity (Wildman–Crippen MR) is 106 cm³/mol. The molecular weight excluding hydrogens is 406 g/mol. The largest absolute Gasteiger partial charge is 0.480 e. The Balaban J connectivity index is 5.23. The van der Waals surface area contributed by atoms with E-state index >= 15 is 0 Å². The maximum Gasteiger partial charge on any atom is 0.327 e. The number of hydrogen-bond donors (Lipinski definition) is 8. The van der Waals surface area contributed by atoms with Crippen LogP contribution in [0.5, 0.6) is 0 Å². The van der Waals surface area contributed by atoms with Gasteiger partial charge in [-0.3, -0.25) is 19.2 Å². The molecule has 13 heteroatoms. The van der Waals surface area contributed by atoms with Crippen LogP contribution in [0.2, 0.25) is 0 Å². The lowest BCUT2D eigenvalue weighted by Gasteiger charge is -2.24. The standard InChI is InChI=1S/C16H29N5O7S/c1-7(2)12(18)15(26)19-8(3-4-11(17)23)13(24)20-9(5-22)14(25)21-10(6-29)16(27)28/h7-10,12,22,29H,3-6,18H2,1-2H3,(H2,17,23)(H,19,26)(H,20,24)(H,21,25)(H,27,28). The molecule has 4 atom stereocenters. The predicted octanol–water partition coefficient (Wildman–Crippen LogP) is -3.30. The number of hydrogen-bond acceptors (Lipinski definition) is 8. The van der Waals surface area contributed by atoms with Gasteiger partial charge in [-0.2, -0.15) is 12.6 Å². The van der Waals surface area contributed by atoms with Gasteiger partial charge in [-0.25, -0.2) is 4.79 Å². The summed E-state index contributed by atoms with van der Waals surface area (Å²) in [5.41, 5.74) is 10.8. The molecule has 166 valence electrons. The van der Waals surface area contributed by atoms with Gasteiger partial charge in [-0.1, -0.05) is 13.8 Å². The summed E-state index contributed by atoms with van der Waals surface area (Å²) in [6.07, 6.45) is -0.391. The van der Waals surface area contributed by atoms with Gasteiger partial charge in [0.05, 0.1) is 12.6 Å². The van der Waals surface area contributed by atoms with Crippen LogP contribution in [0.1, 0.15) is 26.7 Å². The van der Waals surface area contributed by atoms with E-state index in [2.05, 4.69) is 28.6 Å². The van der Waals surface area contributed by atoms with E-state index in [9.17, 15) is 29.1 Å². The van der Waals surface area contributed by atoms with Gasteiger partial charge in [0.15, 0.2) is 0 Å². The van der Waals surface area contributed by atoms with Crippen LogP contribution in [0.3, 0.4) is 0 Å². The zero-order chi connectivity index (χ0) is 22.7. The lowest BCUT2D eigenvalue weighted by Crippen LogP contribution is -2.58. The van der Waals surface area contributed by atoms with Crippen molar-refractivity contribution in [3.05, 3.63) is 0 Å². The molecule has 0 aliphatic rings. The number of nitrogens with one attached hydrogen (secondary N) is 3. The maximum atomic E-state index is 12.5. The van der Waals surface area contributed by atoms with E-state index in [-0.39, 0.29) is 24.5 Å². The van der Waals surface area contributed by atoms with Crippen molar-refractivity contribution in [2.75, 3.05) is 12.4 Å². The molecule has 4 amide bonds. The molecule has 0 saturated heterocycles. The number of aliphatic hydroxyl groups is 1. The van der Waals surface area contributed by atoms with E-state index in [0.29, 0.717) is 0 Å². The number of nitrogens with two attached hydrogens (primary N) is 2. The first kappa shape index (κ1) is 26.6. The van der Waals surface area contributed by atoms with Crippen molar-refractivity contribution < 1.29 is 34.2 Å². The normalized spacial score (nSPS) is 15.0. The highest BCUT2D eigenvalue weighted by molar-refractivity contribution is 7.80. The summed E-state index contributed by atoms with van der Waals surface area (Å²) in [6, 6.07) is -4.98. The van der Waals surface area contributed by atoms with Gasteiger partial charge in [-0.05, 0) is 12.3 Å². The molecule has 0 aromatic rings. The number of carbonyl (C=O) groups excluding carboxylic acids is 4. The number of carboxylic acids is 1. The molecule has 0 saturated carbocycles. The fourth-order valence-electron chi connectivity index (χ4n) is 2.05. The molecule has 0 bridgehead atoms. The lowest BCUT2D eigenvalue weighted by atomic mass is 10.0. The van der Waals surface area contributed by atoms with Crippen LogP contribution in [0, 0.1) is 5.92 Å². The van der Waals surface area contributed by atoms with E-state index < -0.39 is 60.4 Å². The quantitative estimate of drug-likeness (QED) is 0.137. The molecule has 29 heavy (non-hydrogen) atoms. The van der Waals surface area contributed by atoms with Crippen LogP contribution in [0.25, 0.3) is 0 Å². The Morgan fingerprint density at radius 1 is 0.931 bits per heavy atom. The smallest absolute Gasteiger partial charge is 0.327 e. The molecule has 0 radical (unpaired) electrons. The molecule has 0 aliphatic carbocycles. The van der Waals surface area contributed by atoms with Crippen molar-refractivity contribution in [2.45, 2.75) is 50.9 Å². The molecule has 0 aliphatic heterocycles. The third kappa shape index (κ3) is 9.58. The molecule has 12 nitrogen and oxygen atoms in total. The second kappa shape index (κ2) is 13.0. The van der Waals surface area contributed by atoms with E-state index in [1.807, 2.05) is 0 Å². The van der Waals surface area contributed by atoms with Crippen LogP contribution in [0.4, 0.5) is 0 Å². The third-order valence-corrected chi connectivity index (χ3v) is 4.31. The molecule has 9 N–H and O–H groups in total. The zero-order valence-corrected chi connectivity index (χ0v) is 17.1. The van der Waals surface area contributed by atoms with Crippen LogP contribution in [-0.2, 0) is 24.0 Å². The molecule has 0 fully saturated rings. The minimum Gasteiger partial charge on any atom is -0.480 e. The van der Waals surface area contributed by atoms with Gasteiger partial charge in [0.25, 0.3) is 0 Å². The summed E-state index contributed by atoms with van der Waals surface area (Å²) in [6.45, 7) is 2.57. The maximum absolute atomic E-state index is 12.5.